The number of furan rings is 2. The third-order valence-electron chi connectivity index (χ3n) is 15.0. The molecule has 4 heteroatoms. The lowest BCUT2D eigenvalue weighted by Gasteiger charge is -2.34. The minimum Gasteiger partial charge on any atom is -0.455 e. The zero-order valence-corrected chi connectivity index (χ0v) is 38.8. The summed E-state index contributed by atoms with van der Waals surface area (Å²) < 4.78 is 15.7. The summed E-state index contributed by atoms with van der Waals surface area (Å²) in [6.07, 6.45) is 5.52. The van der Waals surface area contributed by atoms with Crippen molar-refractivity contribution in [2.24, 2.45) is 5.92 Å². The smallest absolute Gasteiger partial charge is 0.143 e. The number of para-hydroxylation sites is 4. The number of thiophene rings is 1. The van der Waals surface area contributed by atoms with E-state index >= 15 is 0 Å². The van der Waals surface area contributed by atoms with Gasteiger partial charge in [0.05, 0.1) is 0 Å². The highest BCUT2D eigenvalue weighted by Gasteiger charge is 2.37. The minimum atomic E-state index is -0.0328. The molecule has 12 aromatic rings. The Hall–Kier alpha value is -7.92. The molecular weight excluding hydrogens is 847 g/mol. The van der Waals surface area contributed by atoms with Crippen LogP contribution >= 0.6 is 11.3 Å². The van der Waals surface area contributed by atoms with Crippen LogP contribution in [0.4, 0.5) is 11.4 Å². The van der Waals surface area contributed by atoms with E-state index in [1.165, 1.54) is 64.8 Å². The Morgan fingerprint density at radius 2 is 0.985 bits per heavy atom. The second-order valence-electron chi connectivity index (χ2n) is 19.2. The Morgan fingerprint density at radius 1 is 0.456 bits per heavy atom. The van der Waals surface area contributed by atoms with Crippen LogP contribution < -0.4 is 4.90 Å². The standard InChI is InChI=1S/C64H45NO2S/c1-38-37-41(45-17-11-20-50-48-14-6-9-24-58(48)67-61(45)50)29-36-56(38)65(42-30-25-39(26-31-42)44-16-10-19-49-47-13-5-8-23-57(47)66-60(44)49)43-32-27-40(28-33-43)46-18-12-21-51-52-34-35-55-59(63(52)68-62(46)51)53-15-4-7-22-54(53)64(55,2)3/h4-36,38H,37H2,1-3H3. The van der Waals surface area contributed by atoms with Crippen molar-refractivity contribution in [3.63, 3.8) is 0 Å². The third kappa shape index (κ3) is 5.77. The van der Waals surface area contributed by atoms with Crippen molar-refractivity contribution in [2.45, 2.75) is 32.6 Å². The van der Waals surface area contributed by atoms with E-state index in [4.69, 9.17) is 8.83 Å². The number of hydrogen-bond acceptors (Lipinski definition) is 4. The Kier molecular flexibility index (Phi) is 8.54. The first-order valence-electron chi connectivity index (χ1n) is 23.7. The van der Waals surface area contributed by atoms with Crippen molar-refractivity contribution in [1.82, 2.24) is 0 Å². The quantitative estimate of drug-likeness (QED) is 0.167. The van der Waals surface area contributed by atoms with Gasteiger partial charge >= 0.3 is 0 Å². The fourth-order valence-corrected chi connectivity index (χ4v) is 13.0. The van der Waals surface area contributed by atoms with E-state index in [-0.39, 0.29) is 11.3 Å². The van der Waals surface area contributed by atoms with Gasteiger partial charge in [0.1, 0.15) is 22.3 Å². The molecule has 9 aromatic carbocycles. The molecule has 0 amide bonds. The highest BCUT2D eigenvalue weighted by atomic mass is 32.1. The molecule has 3 aromatic heterocycles. The largest absolute Gasteiger partial charge is 0.455 e. The van der Waals surface area contributed by atoms with Gasteiger partial charge in [-0.15, -0.1) is 11.3 Å². The molecule has 3 heterocycles. The Morgan fingerprint density at radius 3 is 1.66 bits per heavy atom. The molecule has 0 fully saturated rings. The van der Waals surface area contributed by atoms with E-state index in [1.54, 1.807) is 0 Å². The van der Waals surface area contributed by atoms with Crippen molar-refractivity contribution in [1.29, 1.82) is 0 Å². The lowest BCUT2D eigenvalue weighted by molar-refractivity contribution is 0.661. The summed E-state index contributed by atoms with van der Waals surface area (Å²) in [7, 11) is 0. The summed E-state index contributed by atoms with van der Waals surface area (Å²) in [5.41, 5.74) is 19.9. The number of benzene rings is 9. The molecule has 324 valence electrons. The average molecular weight is 892 g/mol. The maximum atomic E-state index is 6.53. The van der Waals surface area contributed by atoms with E-state index < -0.39 is 0 Å². The van der Waals surface area contributed by atoms with Crippen LogP contribution in [0.2, 0.25) is 0 Å². The molecule has 14 rings (SSSR count). The number of hydrogen-bond donors (Lipinski definition) is 0. The van der Waals surface area contributed by atoms with Gasteiger partial charge in [0, 0.05) is 86.8 Å². The highest BCUT2D eigenvalue weighted by Crippen LogP contribution is 2.54. The fraction of sp³-hybridized carbons (Fsp3) is 0.0938. The number of nitrogens with zero attached hydrogens (tertiary/aromatic N) is 1. The Balaban J connectivity index is 0.882. The van der Waals surface area contributed by atoms with Crippen LogP contribution in [0.1, 0.15) is 43.9 Å². The lowest BCUT2D eigenvalue weighted by Crippen LogP contribution is -2.23. The second-order valence-corrected chi connectivity index (χ2v) is 20.2. The van der Waals surface area contributed by atoms with E-state index in [2.05, 4.69) is 214 Å². The first-order valence-corrected chi connectivity index (χ1v) is 24.5. The molecule has 0 radical (unpaired) electrons. The van der Waals surface area contributed by atoms with Gasteiger partial charge in [0.2, 0.25) is 0 Å². The summed E-state index contributed by atoms with van der Waals surface area (Å²) in [4.78, 5) is 2.46. The summed E-state index contributed by atoms with van der Waals surface area (Å²) in [6.45, 7) is 7.09. The van der Waals surface area contributed by atoms with Crippen LogP contribution in [0, 0.1) is 5.92 Å². The third-order valence-corrected chi connectivity index (χ3v) is 16.3. The van der Waals surface area contributed by atoms with Crippen LogP contribution in [-0.2, 0) is 5.41 Å². The van der Waals surface area contributed by atoms with Crippen molar-refractivity contribution < 1.29 is 8.83 Å². The van der Waals surface area contributed by atoms with Crippen LogP contribution in [-0.4, -0.2) is 0 Å². The van der Waals surface area contributed by atoms with Crippen molar-refractivity contribution in [3.8, 4) is 33.4 Å². The van der Waals surface area contributed by atoms with Gasteiger partial charge in [-0.25, -0.2) is 0 Å². The zero-order chi connectivity index (χ0) is 45.3. The van der Waals surface area contributed by atoms with Gasteiger partial charge in [0.15, 0.2) is 0 Å². The van der Waals surface area contributed by atoms with Gasteiger partial charge in [-0.1, -0.05) is 179 Å². The number of anilines is 2. The molecule has 0 bridgehead atoms. The molecule has 0 saturated heterocycles. The molecule has 2 aliphatic rings. The highest BCUT2D eigenvalue weighted by molar-refractivity contribution is 7.27. The maximum absolute atomic E-state index is 6.53. The van der Waals surface area contributed by atoms with Crippen molar-refractivity contribution in [2.75, 3.05) is 4.90 Å². The predicted molar refractivity (Wildman–Crippen MR) is 287 cm³/mol. The normalized spacial score (nSPS) is 15.4. The molecular formula is C64H45NO2S. The van der Waals surface area contributed by atoms with E-state index in [1.807, 2.05) is 23.5 Å². The Labute approximate surface area is 398 Å². The summed E-state index contributed by atoms with van der Waals surface area (Å²) in [5.74, 6) is 0.211. The SMILES string of the molecule is CC1CC(c2cccc3c2oc2ccccc23)=CC=C1N(c1ccc(-c2cccc3c2oc2ccccc23)cc1)c1ccc(-c2cccc3c2sc2c4c(ccc23)C(C)(C)c2ccccc2-4)cc1. The van der Waals surface area contributed by atoms with Gasteiger partial charge in [-0.2, -0.15) is 0 Å². The summed E-state index contributed by atoms with van der Waals surface area (Å²) >= 11 is 1.94. The predicted octanol–water partition coefficient (Wildman–Crippen LogP) is 18.6. The molecule has 1 atom stereocenters. The van der Waals surface area contributed by atoms with Gasteiger partial charge < -0.3 is 13.7 Å². The van der Waals surface area contributed by atoms with E-state index in [0.29, 0.717) is 0 Å². The molecule has 3 nitrogen and oxygen atoms in total. The van der Waals surface area contributed by atoms with Crippen LogP contribution in [0.15, 0.2) is 215 Å². The maximum Gasteiger partial charge on any atom is 0.143 e. The van der Waals surface area contributed by atoms with Crippen molar-refractivity contribution in [3.05, 3.63) is 223 Å². The Bertz CT molecular complexity index is 4100. The minimum absolute atomic E-state index is 0.0328. The van der Waals surface area contributed by atoms with Gasteiger partial charge in [-0.3, -0.25) is 0 Å². The van der Waals surface area contributed by atoms with Crippen LogP contribution in [0.25, 0.3) is 103 Å². The van der Waals surface area contributed by atoms with Crippen molar-refractivity contribution >= 4 is 92.3 Å². The molecule has 0 spiro atoms. The van der Waals surface area contributed by atoms with Gasteiger partial charge in [-0.05, 0) is 87.8 Å². The monoisotopic (exact) mass is 891 g/mol. The van der Waals surface area contributed by atoms with Crippen LogP contribution in [0.3, 0.4) is 0 Å². The lowest BCUT2D eigenvalue weighted by atomic mass is 9.82. The number of fused-ring (bicyclic) bond motifs is 13. The zero-order valence-electron chi connectivity index (χ0n) is 38.0. The molecule has 0 aliphatic heterocycles. The molecule has 0 saturated carbocycles. The van der Waals surface area contributed by atoms with Gasteiger partial charge in [0.25, 0.3) is 0 Å². The van der Waals surface area contributed by atoms with E-state index in [0.717, 1.165) is 78.4 Å². The summed E-state index contributed by atoms with van der Waals surface area (Å²) in [5, 5.41) is 7.24. The number of allylic oxidation sites excluding steroid dienone is 4. The second kappa shape index (κ2) is 14.8. The van der Waals surface area contributed by atoms with E-state index in [9.17, 15) is 0 Å². The first-order chi connectivity index (χ1) is 33.4. The average Bonchev–Trinajstić information content (AvgIpc) is 4.13. The topological polar surface area (TPSA) is 29.5 Å². The molecule has 1 unspecified atom stereocenters. The van der Waals surface area contributed by atoms with Crippen LogP contribution in [0.5, 0.6) is 0 Å². The first kappa shape index (κ1) is 39.3. The molecule has 2 aliphatic carbocycles. The molecule has 0 N–H and O–H groups in total. The molecule has 68 heavy (non-hydrogen) atoms. The summed E-state index contributed by atoms with van der Waals surface area (Å²) in [6, 6.07) is 68.5. The number of rotatable bonds is 6. The fourth-order valence-electron chi connectivity index (χ4n) is 11.6.